The van der Waals surface area contributed by atoms with Gasteiger partial charge in [-0.1, -0.05) is 23.7 Å². The number of halogens is 1. The number of likely N-dealkylation sites (N-methyl/N-ethyl adjacent to an activating group) is 1. The van der Waals surface area contributed by atoms with Crippen LogP contribution in [0, 0.1) is 0 Å². The lowest BCUT2D eigenvalue weighted by molar-refractivity contribution is 0.197. The van der Waals surface area contributed by atoms with Crippen molar-refractivity contribution in [2.45, 2.75) is 25.9 Å². The maximum atomic E-state index is 5.87. The van der Waals surface area contributed by atoms with E-state index in [1.807, 2.05) is 24.3 Å². The van der Waals surface area contributed by atoms with Gasteiger partial charge in [-0.2, -0.15) is 0 Å². The van der Waals surface area contributed by atoms with Gasteiger partial charge in [0.2, 0.25) is 0 Å². The Morgan fingerprint density at radius 2 is 1.80 bits per heavy atom. The zero-order chi connectivity index (χ0) is 15.2. The van der Waals surface area contributed by atoms with Gasteiger partial charge < -0.3 is 15.5 Å². The van der Waals surface area contributed by atoms with Gasteiger partial charge in [-0.15, -0.1) is 0 Å². The Labute approximate surface area is 127 Å². The molecule has 0 bridgehead atoms. The van der Waals surface area contributed by atoms with Gasteiger partial charge in [-0.25, -0.2) is 0 Å². The number of benzene rings is 1. The second-order valence-electron chi connectivity index (χ2n) is 5.61. The summed E-state index contributed by atoms with van der Waals surface area (Å²) in [5.74, 6) is 0.801. The standard InChI is InChI=1S/C15H25ClN4/c1-15(2,20(4)5)11-19-14(17-3)18-10-12-6-8-13(16)9-7-12/h6-9H,10-11H2,1-5H3,(H2,17,18,19). The monoisotopic (exact) mass is 296 g/mol. The Kier molecular flexibility index (Phi) is 6.30. The average Bonchev–Trinajstić information content (AvgIpc) is 2.40. The van der Waals surface area contributed by atoms with E-state index in [-0.39, 0.29) is 5.54 Å². The lowest BCUT2D eigenvalue weighted by atomic mass is 10.0. The summed E-state index contributed by atoms with van der Waals surface area (Å²) in [6, 6.07) is 7.80. The van der Waals surface area contributed by atoms with Crippen LogP contribution in [0.4, 0.5) is 0 Å². The average molecular weight is 297 g/mol. The SMILES string of the molecule is CN=C(NCc1ccc(Cl)cc1)NCC(C)(C)N(C)C. The topological polar surface area (TPSA) is 39.7 Å². The van der Waals surface area contributed by atoms with Gasteiger partial charge >= 0.3 is 0 Å². The minimum Gasteiger partial charge on any atom is -0.355 e. The third kappa shape index (κ3) is 5.39. The fraction of sp³-hybridized carbons (Fsp3) is 0.533. The molecule has 0 aliphatic rings. The molecule has 2 N–H and O–H groups in total. The molecule has 4 nitrogen and oxygen atoms in total. The van der Waals surface area contributed by atoms with Crippen LogP contribution in [0.1, 0.15) is 19.4 Å². The van der Waals surface area contributed by atoms with Gasteiger partial charge in [0.25, 0.3) is 0 Å². The van der Waals surface area contributed by atoms with Crippen LogP contribution in [-0.2, 0) is 6.54 Å². The van der Waals surface area contributed by atoms with Crippen LogP contribution in [0.3, 0.4) is 0 Å². The van der Waals surface area contributed by atoms with E-state index < -0.39 is 0 Å². The van der Waals surface area contributed by atoms with Crippen molar-refractivity contribution >= 4 is 17.6 Å². The molecule has 5 heteroatoms. The highest BCUT2D eigenvalue weighted by Crippen LogP contribution is 2.09. The molecule has 0 saturated carbocycles. The number of nitrogens with zero attached hydrogens (tertiary/aromatic N) is 2. The van der Waals surface area contributed by atoms with Crippen LogP contribution >= 0.6 is 11.6 Å². The van der Waals surface area contributed by atoms with Crippen LogP contribution < -0.4 is 10.6 Å². The van der Waals surface area contributed by atoms with Crippen LogP contribution in [0.15, 0.2) is 29.3 Å². The molecule has 0 radical (unpaired) electrons. The van der Waals surface area contributed by atoms with Crippen LogP contribution in [0.2, 0.25) is 5.02 Å². The van der Waals surface area contributed by atoms with Crippen LogP contribution in [-0.4, -0.2) is 44.1 Å². The fourth-order valence-electron chi connectivity index (χ4n) is 1.47. The first-order valence-corrected chi connectivity index (χ1v) is 7.09. The van der Waals surface area contributed by atoms with Crippen molar-refractivity contribution in [3.63, 3.8) is 0 Å². The van der Waals surface area contributed by atoms with E-state index >= 15 is 0 Å². The van der Waals surface area contributed by atoms with Gasteiger partial charge in [-0.3, -0.25) is 4.99 Å². The molecular weight excluding hydrogens is 272 g/mol. The van der Waals surface area contributed by atoms with Crippen molar-refractivity contribution in [3.05, 3.63) is 34.9 Å². The Morgan fingerprint density at radius 1 is 1.20 bits per heavy atom. The summed E-state index contributed by atoms with van der Waals surface area (Å²) in [7, 11) is 5.93. The molecule has 0 aliphatic carbocycles. The summed E-state index contributed by atoms with van der Waals surface area (Å²) in [5.41, 5.74) is 1.24. The smallest absolute Gasteiger partial charge is 0.191 e. The summed E-state index contributed by atoms with van der Waals surface area (Å²) in [4.78, 5) is 6.42. The van der Waals surface area contributed by atoms with Crippen molar-refractivity contribution in [1.29, 1.82) is 0 Å². The zero-order valence-electron chi connectivity index (χ0n) is 13.0. The number of nitrogens with one attached hydrogen (secondary N) is 2. The van der Waals surface area contributed by atoms with Gasteiger partial charge in [0, 0.05) is 30.7 Å². The van der Waals surface area contributed by atoms with Crippen LogP contribution in [0.25, 0.3) is 0 Å². The Balaban J connectivity index is 2.46. The lowest BCUT2D eigenvalue weighted by Crippen LogP contribution is -2.50. The third-order valence-corrected chi connectivity index (χ3v) is 3.75. The summed E-state index contributed by atoms with van der Waals surface area (Å²) in [6.07, 6.45) is 0. The summed E-state index contributed by atoms with van der Waals surface area (Å²) in [5, 5.41) is 7.39. The van der Waals surface area contributed by atoms with Crippen molar-refractivity contribution in [2.24, 2.45) is 4.99 Å². The van der Waals surface area contributed by atoms with Gasteiger partial charge in [0.1, 0.15) is 0 Å². The van der Waals surface area contributed by atoms with Gasteiger partial charge in [-0.05, 0) is 45.6 Å². The second kappa shape index (κ2) is 7.50. The number of rotatable bonds is 5. The van der Waals surface area contributed by atoms with E-state index in [2.05, 4.69) is 48.5 Å². The summed E-state index contributed by atoms with van der Waals surface area (Å²) in [6.45, 7) is 5.92. The highest BCUT2D eigenvalue weighted by Gasteiger charge is 2.20. The summed E-state index contributed by atoms with van der Waals surface area (Å²) >= 11 is 5.87. The van der Waals surface area contributed by atoms with E-state index in [4.69, 9.17) is 11.6 Å². The first kappa shape index (κ1) is 16.8. The first-order valence-electron chi connectivity index (χ1n) is 6.71. The van der Waals surface area contributed by atoms with Crippen molar-refractivity contribution in [2.75, 3.05) is 27.7 Å². The van der Waals surface area contributed by atoms with Crippen molar-refractivity contribution < 1.29 is 0 Å². The summed E-state index contributed by atoms with van der Waals surface area (Å²) < 4.78 is 0. The highest BCUT2D eigenvalue weighted by molar-refractivity contribution is 6.30. The van der Waals surface area contributed by atoms with Gasteiger partial charge in [0.15, 0.2) is 5.96 Å². The van der Waals surface area contributed by atoms with E-state index in [9.17, 15) is 0 Å². The highest BCUT2D eigenvalue weighted by atomic mass is 35.5. The second-order valence-corrected chi connectivity index (χ2v) is 6.05. The normalized spacial score (nSPS) is 12.7. The predicted molar refractivity (Wildman–Crippen MR) is 87.4 cm³/mol. The molecule has 0 unspecified atom stereocenters. The van der Waals surface area contributed by atoms with E-state index in [0.717, 1.165) is 24.1 Å². The Morgan fingerprint density at radius 3 is 2.30 bits per heavy atom. The molecule has 0 saturated heterocycles. The number of hydrogen-bond acceptors (Lipinski definition) is 2. The molecule has 1 aromatic carbocycles. The predicted octanol–water partition coefficient (Wildman–Crippen LogP) is 2.35. The van der Waals surface area contributed by atoms with Crippen molar-refractivity contribution in [1.82, 2.24) is 15.5 Å². The molecule has 0 fully saturated rings. The Hall–Kier alpha value is -1.26. The fourth-order valence-corrected chi connectivity index (χ4v) is 1.59. The quantitative estimate of drug-likeness (QED) is 0.647. The zero-order valence-corrected chi connectivity index (χ0v) is 13.8. The molecule has 0 aromatic heterocycles. The number of hydrogen-bond donors (Lipinski definition) is 2. The molecular formula is C15H25ClN4. The molecule has 0 heterocycles. The molecule has 0 spiro atoms. The Bertz CT molecular complexity index is 438. The third-order valence-electron chi connectivity index (χ3n) is 3.50. The van der Waals surface area contributed by atoms with Crippen molar-refractivity contribution in [3.8, 4) is 0 Å². The molecule has 20 heavy (non-hydrogen) atoms. The maximum absolute atomic E-state index is 5.87. The largest absolute Gasteiger partial charge is 0.355 e. The maximum Gasteiger partial charge on any atom is 0.191 e. The minimum absolute atomic E-state index is 0.0674. The van der Waals surface area contributed by atoms with E-state index in [1.165, 1.54) is 5.56 Å². The molecule has 0 atom stereocenters. The number of guanidine groups is 1. The number of aliphatic imine (C=N–C) groups is 1. The molecule has 0 aliphatic heterocycles. The van der Waals surface area contributed by atoms with E-state index in [1.54, 1.807) is 7.05 Å². The first-order chi connectivity index (χ1) is 9.35. The minimum atomic E-state index is 0.0674. The molecule has 0 amide bonds. The van der Waals surface area contributed by atoms with E-state index in [0.29, 0.717) is 0 Å². The molecule has 1 rings (SSSR count). The molecule has 1 aromatic rings. The molecule has 112 valence electrons. The lowest BCUT2D eigenvalue weighted by Gasteiger charge is -2.33. The van der Waals surface area contributed by atoms with Gasteiger partial charge in [0.05, 0.1) is 0 Å². The van der Waals surface area contributed by atoms with Crippen LogP contribution in [0.5, 0.6) is 0 Å².